The van der Waals surface area contributed by atoms with Gasteiger partial charge < -0.3 is 37.2 Å². The Bertz CT molecular complexity index is 390. The molecule has 0 aliphatic carbocycles. The molecule has 0 saturated carbocycles. The van der Waals surface area contributed by atoms with Gasteiger partial charge in [0.1, 0.15) is 0 Å². The van der Waals surface area contributed by atoms with E-state index in [1.54, 1.807) is 0 Å². The fraction of sp³-hybridized carbons (Fsp3) is 0.154. The van der Waals surface area contributed by atoms with Crippen molar-refractivity contribution in [3.8, 4) is 11.1 Å². The van der Waals surface area contributed by atoms with E-state index < -0.39 is 0 Å². The second-order valence-electron chi connectivity index (χ2n) is 3.48. The third-order valence-corrected chi connectivity index (χ3v) is 2.47. The molecule has 2 rings (SSSR count). The first kappa shape index (κ1) is 22.5. The van der Waals surface area contributed by atoms with Gasteiger partial charge in [0, 0.05) is 0 Å². The maximum atomic E-state index is 2.24. The van der Waals surface area contributed by atoms with Gasteiger partial charge in [0.05, 0.1) is 0 Å². The molecule has 90 valence electrons. The molecule has 0 N–H and O–H groups in total. The summed E-state index contributed by atoms with van der Waals surface area (Å²) in [7, 11) is 0. The van der Waals surface area contributed by atoms with Crippen LogP contribution in [0.1, 0.15) is 11.1 Å². The van der Waals surface area contributed by atoms with Crippen molar-refractivity contribution in [2.24, 2.45) is 0 Å². The van der Waals surface area contributed by atoms with Crippen LogP contribution >= 0.6 is 0 Å². The standard InChI is InChI=1S/C13H13.3ClH.Zr/c1-10-8-13(9-11(10)2)12-6-4-3-5-7-12;;;;/h3-9H,1-2H3;3*1H;/q-1;;;;+4/p-3. The summed E-state index contributed by atoms with van der Waals surface area (Å²) in [6.45, 7) is 4.31. The molecule has 0 fully saturated rings. The van der Waals surface area contributed by atoms with Gasteiger partial charge >= 0.3 is 26.2 Å². The van der Waals surface area contributed by atoms with E-state index in [9.17, 15) is 0 Å². The molecule has 4 heteroatoms. The fourth-order valence-electron chi connectivity index (χ4n) is 1.53. The molecular weight excluding hydrogens is 354 g/mol. The average Bonchev–Trinajstić information content (AvgIpc) is 2.49. The largest absolute Gasteiger partial charge is 4.00 e. The molecule has 2 aromatic rings. The van der Waals surface area contributed by atoms with Crippen molar-refractivity contribution in [2.75, 3.05) is 0 Å². The monoisotopic (exact) mass is 364 g/mol. The van der Waals surface area contributed by atoms with Crippen molar-refractivity contribution in [3.63, 3.8) is 0 Å². The molecule has 0 aliphatic rings. The van der Waals surface area contributed by atoms with Crippen molar-refractivity contribution in [1.29, 1.82) is 0 Å². The van der Waals surface area contributed by atoms with Gasteiger partial charge in [0.2, 0.25) is 0 Å². The number of benzene rings is 1. The summed E-state index contributed by atoms with van der Waals surface area (Å²) < 4.78 is 0. The van der Waals surface area contributed by atoms with Crippen LogP contribution in [0, 0.1) is 13.8 Å². The Labute approximate surface area is 141 Å². The molecule has 0 nitrogen and oxygen atoms in total. The smallest absolute Gasteiger partial charge is 1.00 e. The molecular formula is C13H13Cl3Zr. The molecule has 0 bridgehead atoms. The van der Waals surface area contributed by atoms with Gasteiger partial charge in [-0.25, -0.2) is 6.07 Å². The third kappa shape index (κ3) is 5.66. The number of halogens is 3. The summed E-state index contributed by atoms with van der Waals surface area (Å²) in [6.07, 6.45) is 0. The Balaban J connectivity index is -0.000000490. The minimum absolute atomic E-state index is 0. The topological polar surface area (TPSA) is 0 Å². The molecule has 0 aliphatic heterocycles. The first-order chi connectivity index (χ1) is 6.27. The van der Waals surface area contributed by atoms with Crippen LogP contribution in [-0.4, -0.2) is 0 Å². The Kier molecular flexibility index (Phi) is 13.6. The zero-order valence-corrected chi connectivity index (χ0v) is 14.4. The zero-order chi connectivity index (χ0) is 9.26. The first-order valence-corrected chi connectivity index (χ1v) is 4.57. The minimum atomic E-state index is 0. The molecule has 0 unspecified atom stereocenters. The number of hydrogen-bond donors (Lipinski definition) is 0. The maximum Gasteiger partial charge on any atom is 4.00 e. The van der Waals surface area contributed by atoms with Crippen LogP contribution in [0.4, 0.5) is 0 Å². The van der Waals surface area contributed by atoms with Crippen LogP contribution in [-0.2, 0) is 26.2 Å². The van der Waals surface area contributed by atoms with E-state index in [1.807, 2.05) is 6.07 Å². The van der Waals surface area contributed by atoms with Crippen LogP contribution in [0.15, 0.2) is 42.5 Å². The van der Waals surface area contributed by atoms with Crippen molar-refractivity contribution in [3.05, 3.63) is 53.6 Å². The van der Waals surface area contributed by atoms with Crippen LogP contribution in [0.3, 0.4) is 0 Å². The predicted octanol–water partition coefficient (Wildman–Crippen LogP) is -5.30. The molecule has 0 spiro atoms. The Morgan fingerprint density at radius 3 is 1.82 bits per heavy atom. The van der Waals surface area contributed by atoms with Crippen molar-refractivity contribution in [1.82, 2.24) is 0 Å². The van der Waals surface area contributed by atoms with Crippen LogP contribution in [0.2, 0.25) is 0 Å². The SMILES string of the molecule is Cc1cc(-c2ccccc2)c[c-]1C.[Cl-].[Cl-].[Cl-].[Zr+4]. The molecule has 0 radical (unpaired) electrons. The Hall–Kier alpha value is 0.323. The molecule has 0 saturated heterocycles. The Morgan fingerprint density at radius 2 is 1.41 bits per heavy atom. The zero-order valence-electron chi connectivity index (χ0n) is 9.68. The number of hydrogen-bond acceptors (Lipinski definition) is 0. The van der Waals surface area contributed by atoms with Gasteiger partial charge in [-0.15, -0.1) is 0 Å². The van der Waals surface area contributed by atoms with Crippen LogP contribution in [0.25, 0.3) is 11.1 Å². The van der Waals surface area contributed by atoms with E-state index in [0.29, 0.717) is 0 Å². The molecule has 0 heterocycles. The van der Waals surface area contributed by atoms with E-state index >= 15 is 0 Å². The molecule has 0 aromatic heterocycles. The summed E-state index contributed by atoms with van der Waals surface area (Å²) in [5.74, 6) is 0. The maximum absolute atomic E-state index is 2.24. The third-order valence-electron chi connectivity index (χ3n) is 2.47. The van der Waals surface area contributed by atoms with E-state index in [0.717, 1.165) is 0 Å². The summed E-state index contributed by atoms with van der Waals surface area (Å²) in [6, 6.07) is 15.0. The second kappa shape index (κ2) is 10.3. The summed E-state index contributed by atoms with van der Waals surface area (Å²) in [4.78, 5) is 0. The average molecular weight is 367 g/mol. The van der Waals surface area contributed by atoms with Crippen LogP contribution < -0.4 is 37.2 Å². The van der Waals surface area contributed by atoms with E-state index in [1.165, 1.54) is 22.3 Å². The van der Waals surface area contributed by atoms with Gasteiger partial charge in [0.25, 0.3) is 0 Å². The predicted molar refractivity (Wildman–Crippen MR) is 56.9 cm³/mol. The van der Waals surface area contributed by atoms with E-state index in [-0.39, 0.29) is 63.4 Å². The fourth-order valence-corrected chi connectivity index (χ4v) is 1.53. The van der Waals surface area contributed by atoms with Gasteiger partial charge in [-0.3, -0.25) is 0 Å². The Morgan fingerprint density at radius 1 is 0.882 bits per heavy atom. The van der Waals surface area contributed by atoms with Gasteiger partial charge in [-0.2, -0.15) is 22.8 Å². The van der Waals surface area contributed by atoms with Gasteiger partial charge in [0.15, 0.2) is 0 Å². The molecule has 2 aromatic carbocycles. The second-order valence-corrected chi connectivity index (χ2v) is 3.48. The van der Waals surface area contributed by atoms with Crippen molar-refractivity contribution < 1.29 is 63.4 Å². The first-order valence-electron chi connectivity index (χ1n) is 4.57. The summed E-state index contributed by atoms with van der Waals surface area (Å²) >= 11 is 0. The normalized spacial score (nSPS) is 7.88. The van der Waals surface area contributed by atoms with Gasteiger partial charge in [-0.05, 0) is 0 Å². The molecule has 0 amide bonds. The molecule has 0 atom stereocenters. The van der Waals surface area contributed by atoms with Crippen molar-refractivity contribution >= 4 is 0 Å². The quantitative estimate of drug-likeness (QED) is 0.442. The summed E-state index contributed by atoms with van der Waals surface area (Å²) in [5, 5.41) is 0. The van der Waals surface area contributed by atoms with E-state index in [2.05, 4.69) is 50.2 Å². The van der Waals surface area contributed by atoms with Gasteiger partial charge in [-0.1, -0.05) is 49.7 Å². The number of rotatable bonds is 1. The van der Waals surface area contributed by atoms with Crippen LogP contribution in [0.5, 0.6) is 0 Å². The number of aryl methyl sites for hydroxylation is 2. The minimum Gasteiger partial charge on any atom is -1.00 e. The summed E-state index contributed by atoms with van der Waals surface area (Å²) in [5.41, 5.74) is 5.38. The van der Waals surface area contributed by atoms with E-state index in [4.69, 9.17) is 0 Å². The van der Waals surface area contributed by atoms with Crippen molar-refractivity contribution in [2.45, 2.75) is 13.8 Å². The molecule has 17 heavy (non-hydrogen) atoms.